The highest BCUT2D eigenvalue weighted by atomic mass is 32.2. The Balaban J connectivity index is 3.65. The van der Waals surface area contributed by atoms with Crippen LogP contribution in [0.5, 0.6) is 0 Å². The maximum atomic E-state index is 11.0. The van der Waals surface area contributed by atoms with Crippen LogP contribution >= 0.6 is 0 Å². The van der Waals surface area contributed by atoms with Gasteiger partial charge in [0.15, 0.2) is 19.7 Å². The molecule has 0 rings (SSSR count). The molecule has 0 aromatic rings. The molecule has 0 aliphatic carbocycles. The molecule has 0 aromatic carbocycles. The molecule has 6 heteroatoms. The van der Waals surface area contributed by atoms with Crippen LogP contribution in [0.2, 0.25) is 0 Å². The molecule has 0 aromatic heterocycles. The lowest BCUT2D eigenvalue weighted by Crippen LogP contribution is -1.86. The second kappa shape index (κ2) is 9.72. The first-order valence-corrected chi connectivity index (χ1v) is 9.63. The Morgan fingerprint density at radius 1 is 0.650 bits per heavy atom. The maximum Gasteiger partial charge on any atom is 0.192 e. The minimum atomic E-state index is -3.23. The third kappa shape index (κ3) is 10.8. The molecule has 0 aliphatic heterocycles. The second-order valence-corrected chi connectivity index (χ2v) is 7.81. The Bertz CT molecular complexity index is 500. The van der Waals surface area contributed by atoms with Crippen LogP contribution in [0, 0.1) is 0 Å². The monoisotopic (exact) mass is 318 g/mol. The number of unbranched alkanes of at least 4 members (excludes halogenated alkanes) is 5. The van der Waals surface area contributed by atoms with E-state index in [1.807, 2.05) is 0 Å². The Hall–Kier alpha value is -1.14. The van der Waals surface area contributed by atoms with Crippen molar-refractivity contribution in [3.8, 4) is 0 Å². The van der Waals surface area contributed by atoms with E-state index in [0.717, 1.165) is 36.5 Å². The summed E-state index contributed by atoms with van der Waals surface area (Å²) in [6, 6.07) is 0. The van der Waals surface area contributed by atoms with Gasteiger partial charge in [0.2, 0.25) is 0 Å². The van der Waals surface area contributed by atoms with Crippen LogP contribution in [-0.2, 0) is 19.7 Å². The predicted molar refractivity (Wildman–Crippen MR) is 84.2 cm³/mol. The zero-order chi connectivity index (χ0) is 15.5. The van der Waals surface area contributed by atoms with Crippen LogP contribution in [-0.4, -0.2) is 16.8 Å². The average molecular weight is 318 g/mol. The number of sulfone groups is 2. The smallest absolute Gasteiger partial charge is 0.192 e. The van der Waals surface area contributed by atoms with E-state index in [0.29, 0.717) is 12.8 Å². The van der Waals surface area contributed by atoms with Gasteiger partial charge in [-0.05, 0) is 25.7 Å². The molecular formula is C14H22O4S2. The van der Waals surface area contributed by atoms with Gasteiger partial charge in [-0.3, -0.25) is 0 Å². The van der Waals surface area contributed by atoms with Gasteiger partial charge >= 0.3 is 0 Å². The summed E-state index contributed by atoms with van der Waals surface area (Å²) in [4.78, 5) is 0. The molecule has 114 valence electrons. The van der Waals surface area contributed by atoms with Gasteiger partial charge in [0.25, 0.3) is 0 Å². The van der Waals surface area contributed by atoms with Crippen LogP contribution < -0.4 is 0 Å². The number of hydrogen-bond acceptors (Lipinski definition) is 4. The summed E-state index contributed by atoms with van der Waals surface area (Å²) in [6.07, 6.45) is 8.50. The van der Waals surface area contributed by atoms with Gasteiger partial charge < -0.3 is 0 Å². The summed E-state index contributed by atoms with van der Waals surface area (Å²) in [6.45, 7) is 6.44. The van der Waals surface area contributed by atoms with E-state index in [4.69, 9.17) is 0 Å². The zero-order valence-corrected chi connectivity index (χ0v) is 13.2. The molecule has 0 saturated carbocycles. The molecule has 0 radical (unpaired) electrons. The molecule has 0 saturated heterocycles. The summed E-state index contributed by atoms with van der Waals surface area (Å²) < 4.78 is 44.2. The van der Waals surface area contributed by atoms with Crippen molar-refractivity contribution in [2.75, 3.05) is 0 Å². The minimum Gasteiger partial charge on any atom is -0.220 e. The summed E-state index contributed by atoms with van der Waals surface area (Å²) >= 11 is 0. The van der Waals surface area contributed by atoms with Gasteiger partial charge in [-0.2, -0.15) is 0 Å². The van der Waals surface area contributed by atoms with Crippen molar-refractivity contribution in [2.24, 2.45) is 0 Å². The minimum absolute atomic E-state index is 0.716. The summed E-state index contributed by atoms with van der Waals surface area (Å²) in [5.41, 5.74) is 0. The van der Waals surface area contributed by atoms with Crippen LogP contribution in [0.15, 0.2) is 46.9 Å². The molecule has 0 aliphatic rings. The van der Waals surface area contributed by atoms with Crippen LogP contribution in [0.4, 0.5) is 0 Å². The molecule has 0 heterocycles. The summed E-state index contributed by atoms with van der Waals surface area (Å²) in [7, 11) is -6.46. The standard InChI is InChI=1S/C14H22O4S2/c1-3-19(15,16)13-11-9-7-5-6-8-10-12-14-20(17,18)4-2/h3-4,11-14H,1-2,5-10H2/b13-11-,14-12+. The number of allylic oxidation sites excluding steroid dienone is 2. The van der Waals surface area contributed by atoms with Crippen LogP contribution in [0.3, 0.4) is 0 Å². The molecule has 4 nitrogen and oxygen atoms in total. The topological polar surface area (TPSA) is 68.3 Å². The molecule has 0 fully saturated rings. The van der Waals surface area contributed by atoms with Gasteiger partial charge in [0.1, 0.15) is 0 Å². The van der Waals surface area contributed by atoms with Gasteiger partial charge in [-0.15, -0.1) is 0 Å². The Labute approximate surface area is 122 Å². The van der Waals surface area contributed by atoms with E-state index in [1.54, 1.807) is 12.2 Å². The molecule has 0 bridgehead atoms. The van der Waals surface area contributed by atoms with Gasteiger partial charge in [-0.1, -0.05) is 38.2 Å². The van der Waals surface area contributed by atoms with Gasteiger partial charge in [0, 0.05) is 21.6 Å². The third-order valence-corrected chi connectivity index (χ3v) is 4.60. The lowest BCUT2D eigenvalue weighted by molar-refractivity contribution is 0.610. The van der Waals surface area contributed by atoms with Crippen molar-refractivity contribution >= 4 is 19.7 Å². The van der Waals surface area contributed by atoms with Gasteiger partial charge in [-0.25, -0.2) is 16.8 Å². The van der Waals surface area contributed by atoms with Crippen molar-refractivity contribution in [1.82, 2.24) is 0 Å². The lowest BCUT2D eigenvalue weighted by Gasteiger charge is -1.97. The fourth-order valence-electron chi connectivity index (χ4n) is 1.39. The quantitative estimate of drug-likeness (QED) is 0.547. The predicted octanol–water partition coefficient (Wildman–Crippen LogP) is 3.47. The molecule has 0 spiro atoms. The largest absolute Gasteiger partial charge is 0.220 e. The normalized spacial score (nSPS) is 13.0. The van der Waals surface area contributed by atoms with E-state index in [-0.39, 0.29) is 0 Å². The Kier molecular flexibility index (Phi) is 9.16. The van der Waals surface area contributed by atoms with E-state index in [1.165, 1.54) is 10.8 Å². The highest BCUT2D eigenvalue weighted by molar-refractivity contribution is 7.97. The highest BCUT2D eigenvalue weighted by Crippen LogP contribution is 2.08. The summed E-state index contributed by atoms with van der Waals surface area (Å²) in [5, 5.41) is 4.19. The fraction of sp³-hybridized carbons (Fsp3) is 0.429. The van der Waals surface area contributed by atoms with E-state index >= 15 is 0 Å². The second-order valence-electron chi connectivity index (χ2n) is 4.25. The molecule has 0 unspecified atom stereocenters. The van der Waals surface area contributed by atoms with E-state index in [2.05, 4.69) is 13.2 Å². The van der Waals surface area contributed by atoms with Crippen molar-refractivity contribution in [3.05, 3.63) is 46.9 Å². The van der Waals surface area contributed by atoms with E-state index in [9.17, 15) is 16.8 Å². The third-order valence-electron chi connectivity index (χ3n) is 2.53. The lowest BCUT2D eigenvalue weighted by atomic mass is 10.1. The molecule has 0 N–H and O–H groups in total. The van der Waals surface area contributed by atoms with Crippen molar-refractivity contribution in [2.45, 2.75) is 38.5 Å². The fourth-order valence-corrected chi connectivity index (χ4v) is 2.42. The first kappa shape index (κ1) is 18.9. The maximum absolute atomic E-state index is 11.0. The molecule has 20 heavy (non-hydrogen) atoms. The molecule has 0 amide bonds. The van der Waals surface area contributed by atoms with Crippen LogP contribution in [0.25, 0.3) is 0 Å². The highest BCUT2D eigenvalue weighted by Gasteiger charge is 1.96. The first-order chi connectivity index (χ1) is 9.33. The van der Waals surface area contributed by atoms with Crippen molar-refractivity contribution in [1.29, 1.82) is 0 Å². The number of hydrogen-bond donors (Lipinski definition) is 0. The summed E-state index contributed by atoms with van der Waals surface area (Å²) in [5.74, 6) is 0. The zero-order valence-electron chi connectivity index (χ0n) is 11.6. The van der Waals surface area contributed by atoms with Crippen molar-refractivity contribution in [3.63, 3.8) is 0 Å². The Morgan fingerprint density at radius 2 is 1.00 bits per heavy atom. The van der Waals surface area contributed by atoms with Crippen molar-refractivity contribution < 1.29 is 16.8 Å². The van der Waals surface area contributed by atoms with Gasteiger partial charge in [0.05, 0.1) is 0 Å². The van der Waals surface area contributed by atoms with Crippen LogP contribution in [0.1, 0.15) is 38.5 Å². The molecule has 0 atom stereocenters. The number of rotatable bonds is 11. The van der Waals surface area contributed by atoms with E-state index < -0.39 is 19.7 Å². The Morgan fingerprint density at radius 3 is 1.30 bits per heavy atom. The average Bonchev–Trinajstić information content (AvgIpc) is 2.41. The molecular weight excluding hydrogens is 296 g/mol. The SMILES string of the molecule is C=CS(=O)(=O)/C=C\CCCCCC/C=C/S(=O)(=O)C=C. The first-order valence-electron chi connectivity index (χ1n) is 6.41.